The zero-order valence-corrected chi connectivity index (χ0v) is 12.9. The number of anilines is 1. The van der Waals surface area contributed by atoms with Gasteiger partial charge in [-0.15, -0.1) is 0 Å². The van der Waals surface area contributed by atoms with E-state index in [1.165, 1.54) is 0 Å². The standard InChI is InChI=1S/C11H15BrClNO2S/c1-8(2)5-6-17(15,16)14-11-4-3-9(13)7-10(11)12/h3-4,7-8,14H,5-6H2,1-2H3. The molecule has 1 N–H and O–H groups in total. The predicted octanol–water partition coefficient (Wildman–Crippen LogP) is 3.89. The molecule has 1 aromatic carbocycles. The van der Waals surface area contributed by atoms with Crippen molar-refractivity contribution in [3.63, 3.8) is 0 Å². The lowest BCUT2D eigenvalue weighted by Crippen LogP contribution is -2.18. The summed E-state index contributed by atoms with van der Waals surface area (Å²) in [5.41, 5.74) is 0.512. The van der Waals surface area contributed by atoms with E-state index < -0.39 is 10.0 Å². The van der Waals surface area contributed by atoms with E-state index in [1.54, 1.807) is 18.2 Å². The number of sulfonamides is 1. The Kier molecular flexibility index (Phi) is 5.28. The predicted molar refractivity (Wildman–Crippen MR) is 76.0 cm³/mol. The number of nitrogens with one attached hydrogen (secondary N) is 1. The first-order valence-electron chi connectivity index (χ1n) is 5.26. The Morgan fingerprint density at radius 1 is 1.41 bits per heavy atom. The molecule has 0 fully saturated rings. The zero-order valence-electron chi connectivity index (χ0n) is 9.70. The molecule has 17 heavy (non-hydrogen) atoms. The molecule has 0 amide bonds. The zero-order chi connectivity index (χ0) is 13.1. The monoisotopic (exact) mass is 339 g/mol. The van der Waals surface area contributed by atoms with Gasteiger partial charge in [0.1, 0.15) is 0 Å². The van der Waals surface area contributed by atoms with Gasteiger partial charge in [0, 0.05) is 9.50 Å². The summed E-state index contributed by atoms with van der Waals surface area (Å²) in [5.74, 6) is 0.486. The molecule has 96 valence electrons. The second-order valence-corrected chi connectivity index (χ2v) is 7.36. The molecule has 1 rings (SSSR count). The second-order valence-electron chi connectivity index (χ2n) is 4.23. The fourth-order valence-corrected chi connectivity index (χ4v) is 3.49. The third kappa shape index (κ3) is 5.27. The Hall–Kier alpha value is -0.260. The average molecular weight is 341 g/mol. The van der Waals surface area contributed by atoms with Crippen LogP contribution in [0.3, 0.4) is 0 Å². The van der Waals surface area contributed by atoms with E-state index in [4.69, 9.17) is 11.6 Å². The van der Waals surface area contributed by atoms with Crippen LogP contribution in [0.4, 0.5) is 5.69 Å². The van der Waals surface area contributed by atoms with Crippen molar-refractivity contribution in [3.8, 4) is 0 Å². The van der Waals surface area contributed by atoms with Crippen LogP contribution in [0.15, 0.2) is 22.7 Å². The number of hydrogen-bond donors (Lipinski definition) is 1. The topological polar surface area (TPSA) is 46.2 Å². The summed E-state index contributed by atoms with van der Waals surface area (Å²) >= 11 is 9.05. The lowest BCUT2D eigenvalue weighted by molar-refractivity contribution is 0.578. The van der Waals surface area contributed by atoms with Gasteiger partial charge in [0.05, 0.1) is 11.4 Å². The number of benzene rings is 1. The average Bonchev–Trinajstić information content (AvgIpc) is 2.20. The molecule has 6 heteroatoms. The molecule has 0 aliphatic heterocycles. The number of halogens is 2. The summed E-state index contributed by atoms with van der Waals surface area (Å²) in [4.78, 5) is 0. The smallest absolute Gasteiger partial charge is 0.232 e. The SMILES string of the molecule is CC(C)CCS(=O)(=O)Nc1ccc(Cl)cc1Br. The van der Waals surface area contributed by atoms with E-state index >= 15 is 0 Å². The van der Waals surface area contributed by atoms with E-state index in [2.05, 4.69) is 20.7 Å². The van der Waals surface area contributed by atoms with E-state index in [9.17, 15) is 8.42 Å². The quantitative estimate of drug-likeness (QED) is 0.884. The normalized spacial score (nSPS) is 11.8. The molecule has 0 saturated carbocycles. The van der Waals surface area contributed by atoms with Gasteiger partial charge in [0.15, 0.2) is 0 Å². The van der Waals surface area contributed by atoms with Crippen molar-refractivity contribution in [3.05, 3.63) is 27.7 Å². The Morgan fingerprint density at radius 3 is 2.59 bits per heavy atom. The van der Waals surface area contributed by atoms with Gasteiger partial charge in [0.2, 0.25) is 10.0 Å². The van der Waals surface area contributed by atoms with Gasteiger partial charge in [-0.1, -0.05) is 25.4 Å². The molecule has 0 spiro atoms. The molecular weight excluding hydrogens is 326 g/mol. The van der Waals surface area contributed by atoms with Crippen molar-refractivity contribution in [2.75, 3.05) is 10.5 Å². The van der Waals surface area contributed by atoms with Gasteiger partial charge in [-0.25, -0.2) is 8.42 Å². The van der Waals surface area contributed by atoms with Crippen LogP contribution in [0.1, 0.15) is 20.3 Å². The van der Waals surface area contributed by atoms with Crippen molar-refractivity contribution in [1.29, 1.82) is 0 Å². The van der Waals surface area contributed by atoms with Crippen molar-refractivity contribution in [2.24, 2.45) is 5.92 Å². The van der Waals surface area contributed by atoms with Gasteiger partial charge in [-0.3, -0.25) is 4.72 Å². The highest BCUT2D eigenvalue weighted by molar-refractivity contribution is 9.10. The van der Waals surface area contributed by atoms with Gasteiger partial charge >= 0.3 is 0 Å². The van der Waals surface area contributed by atoms with Gasteiger partial charge in [-0.05, 0) is 46.5 Å². The minimum atomic E-state index is -3.29. The highest BCUT2D eigenvalue weighted by Gasteiger charge is 2.13. The molecule has 0 aliphatic rings. The highest BCUT2D eigenvalue weighted by atomic mass is 79.9. The molecule has 0 saturated heterocycles. The summed E-state index contributed by atoms with van der Waals surface area (Å²) in [5, 5.41) is 0.557. The summed E-state index contributed by atoms with van der Waals surface area (Å²) < 4.78 is 26.7. The first kappa shape index (κ1) is 14.8. The fourth-order valence-electron chi connectivity index (χ4n) is 1.18. The molecular formula is C11H15BrClNO2S. The molecule has 0 aliphatic carbocycles. The lowest BCUT2D eigenvalue weighted by atomic mass is 10.2. The molecule has 0 heterocycles. The third-order valence-corrected chi connectivity index (χ3v) is 4.36. The summed E-state index contributed by atoms with van der Waals surface area (Å²) in [6.45, 7) is 3.99. The summed E-state index contributed by atoms with van der Waals surface area (Å²) in [6.07, 6.45) is 0.639. The van der Waals surface area contributed by atoms with E-state index in [0.717, 1.165) is 0 Å². The molecule has 0 unspecified atom stereocenters. The number of rotatable bonds is 5. The van der Waals surface area contributed by atoms with Gasteiger partial charge in [-0.2, -0.15) is 0 Å². The lowest BCUT2D eigenvalue weighted by Gasteiger charge is -2.10. The molecule has 3 nitrogen and oxygen atoms in total. The first-order chi connectivity index (χ1) is 7.80. The van der Waals surface area contributed by atoms with Crippen LogP contribution in [-0.2, 0) is 10.0 Å². The van der Waals surface area contributed by atoms with Crippen LogP contribution in [-0.4, -0.2) is 14.2 Å². The van der Waals surface area contributed by atoms with Crippen molar-refractivity contribution in [1.82, 2.24) is 0 Å². The summed E-state index contributed by atoms with van der Waals surface area (Å²) in [6, 6.07) is 4.94. The molecule has 0 atom stereocenters. The fraction of sp³-hybridized carbons (Fsp3) is 0.455. The summed E-state index contributed by atoms with van der Waals surface area (Å²) in [7, 11) is -3.29. The van der Waals surface area contributed by atoms with Gasteiger partial charge < -0.3 is 0 Å². The van der Waals surface area contributed by atoms with Crippen LogP contribution >= 0.6 is 27.5 Å². The van der Waals surface area contributed by atoms with Crippen molar-refractivity contribution >= 4 is 43.2 Å². The largest absolute Gasteiger partial charge is 0.282 e. The first-order valence-corrected chi connectivity index (χ1v) is 8.08. The van der Waals surface area contributed by atoms with Crippen LogP contribution in [0.2, 0.25) is 5.02 Å². The maximum atomic E-state index is 11.8. The van der Waals surface area contributed by atoms with Crippen LogP contribution < -0.4 is 4.72 Å². The minimum Gasteiger partial charge on any atom is -0.282 e. The Morgan fingerprint density at radius 2 is 2.06 bits per heavy atom. The minimum absolute atomic E-state index is 0.125. The van der Waals surface area contributed by atoms with E-state index in [0.29, 0.717) is 27.5 Å². The Labute approximate surface area is 116 Å². The maximum absolute atomic E-state index is 11.8. The second kappa shape index (κ2) is 6.07. The maximum Gasteiger partial charge on any atom is 0.232 e. The van der Waals surface area contributed by atoms with E-state index in [-0.39, 0.29) is 5.75 Å². The third-order valence-electron chi connectivity index (χ3n) is 2.16. The molecule has 0 radical (unpaired) electrons. The van der Waals surface area contributed by atoms with Gasteiger partial charge in [0.25, 0.3) is 0 Å². The van der Waals surface area contributed by atoms with Crippen LogP contribution in [0.25, 0.3) is 0 Å². The van der Waals surface area contributed by atoms with Crippen molar-refractivity contribution in [2.45, 2.75) is 20.3 Å². The molecule has 0 aromatic heterocycles. The Balaban J connectivity index is 2.76. The van der Waals surface area contributed by atoms with E-state index in [1.807, 2.05) is 13.8 Å². The highest BCUT2D eigenvalue weighted by Crippen LogP contribution is 2.26. The molecule has 0 bridgehead atoms. The molecule has 1 aromatic rings. The Bertz CT molecular complexity index is 488. The van der Waals surface area contributed by atoms with Crippen LogP contribution in [0.5, 0.6) is 0 Å². The number of hydrogen-bond acceptors (Lipinski definition) is 2. The van der Waals surface area contributed by atoms with Crippen LogP contribution in [0, 0.1) is 5.92 Å². The van der Waals surface area contributed by atoms with Crippen molar-refractivity contribution < 1.29 is 8.42 Å².